The van der Waals surface area contributed by atoms with Gasteiger partial charge in [0.15, 0.2) is 18.1 Å². The topological polar surface area (TPSA) is 67.9 Å². The van der Waals surface area contributed by atoms with Gasteiger partial charge in [0.25, 0.3) is 5.91 Å². The molecule has 1 N–H and O–H groups in total. The second-order valence-corrected chi connectivity index (χ2v) is 7.15. The molecular weight excluding hydrogens is 368 g/mol. The first kappa shape index (κ1) is 20.7. The van der Waals surface area contributed by atoms with E-state index in [2.05, 4.69) is 5.32 Å². The summed E-state index contributed by atoms with van der Waals surface area (Å²) in [5.41, 5.74) is 1.18. The Balaban J connectivity index is 1.36. The Kier molecular flexibility index (Phi) is 7.50. The number of carbonyl (C=O) groups excluding carboxylic acids is 2. The van der Waals surface area contributed by atoms with Crippen LogP contribution in [0.2, 0.25) is 0 Å². The standard InChI is InChI=1S/C23H28N2O4/c1-28-20-9-5-6-10-21(20)29-17-22(26)24-19-13-15-25(16-14-19)23(27)12-11-18-7-3-2-4-8-18/h2-10,19H,11-17H2,1H3,(H,24,26). The first-order valence-corrected chi connectivity index (χ1v) is 10.0. The van der Waals surface area contributed by atoms with Gasteiger partial charge in [-0.2, -0.15) is 0 Å². The van der Waals surface area contributed by atoms with Gasteiger partial charge in [0.05, 0.1) is 7.11 Å². The Morgan fingerprint density at radius 2 is 1.66 bits per heavy atom. The monoisotopic (exact) mass is 396 g/mol. The molecule has 2 amide bonds. The normalized spacial score (nSPS) is 14.3. The Morgan fingerprint density at radius 1 is 1.00 bits per heavy atom. The number of para-hydroxylation sites is 2. The molecule has 0 aliphatic carbocycles. The van der Waals surface area contributed by atoms with Gasteiger partial charge in [-0.15, -0.1) is 0 Å². The van der Waals surface area contributed by atoms with Crippen molar-refractivity contribution in [2.24, 2.45) is 0 Å². The number of benzene rings is 2. The number of nitrogens with one attached hydrogen (secondary N) is 1. The summed E-state index contributed by atoms with van der Waals surface area (Å²) in [7, 11) is 1.57. The van der Waals surface area contributed by atoms with Gasteiger partial charge in [-0.25, -0.2) is 0 Å². The van der Waals surface area contributed by atoms with Crippen LogP contribution >= 0.6 is 0 Å². The first-order chi connectivity index (χ1) is 14.2. The number of piperidine rings is 1. The largest absolute Gasteiger partial charge is 0.493 e. The lowest BCUT2D eigenvalue weighted by Crippen LogP contribution is -2.47. The van der Waals surface area contributed by atoms with Crippen LogP contribution in [-0.4, -0.2) is 49.6 Å². The minimum atomic E-state index is -0.162. The van der Waals surface area contributed by atoms with Gasteiger partial charge < -0.3 is 19.7 Å². The summed E-state index contributed by atoms with van der Waals surface area (Å²) in [6.07, 6.45) is 2.80. The van der Waals surface area contributed by atoms with Crippen LogP contribution in [0.4, 0.5) is 0 Å². The highest BCUT2D eigenvalue weighted by atomic mass is 16.5. The number of rotatable bonds is 8. The lowest BCUT2D eigenvalue weighted by molar-refractivity contribution is -0.132. The zero-order valence-corrected chi connectivity index (χ0v) is 16.8. The van der Waals surface area contributed by atoms with Crippen LogP contribution in [0.25, 0.3) is 0 Å². The summed E-state index contributed by atoms with van der Waals surface area (Å²) in [6, 6.07) is 17.4. The average molecular weight is 396 g/mol. The highest BCUT2D eigenvalue weighted by molar-refractivity contribution is 5.78. The quantitative estimate of drug-likeness (QED) is 0.745. The molecule has 0 atom stereocenters. The van der Waals surface area contributed by atoms with Crippen LogP contribution < -0.4 is 14.8 Å². The van der Waals surface area contributed by atoms with E-state index >= 15 is 0 Å². The highest BCUT2D eigenvalue weighted by Crippen LogP contribution is 2.25. The number of amides is 2. The number of carbonyl (C=O) groups is 2. The molecule has 1 aliphatic rings. The number of hydrogen-bond donors (Lipinski definition) is 1. The molecule has 29 heavy (non-hydrogen) atoms. The maximum Gasteiger partial charge on any atom is 0.258 e. The van der Waals surface area contributed by atoms with Crippen molar-refractivity contribution < 1.29 is 19.1 Å². The molecule has 3 rings (SSSR count). The smallest absolute Gasteiger partial charge is 0.258 e. The fourth-order valence-corrected chi connectivity index (χ4v) is 3.48. The van der Waals surface area contributed by atoms with Crippen LogP contribution in [0.1, 0.15) is 24.8 Å². The molecule has 0 spiro atoms. The molecule has 0 saturated carbocycles. The number of likely N-dealkylation sites (tertiary alicyclic amines) is 1. The van der Waals surface area contributed by atoms with E-state index in [0.717, 1.165) is 19.3 Å². The number of ether oxygens (including phenoxy) is 2. The van der Waals surface area contributed by atoms with Crippen LogP contribution in [0.15, 0.2) is 54.6 Å². The molecule has 2 aromatic rings. The molecule has 0 radical (unpaired) electrons. The molecule has 0 aromatic heterocycles. The highest BCUT2D eigenvalue weighted by Gasteiger charge is 2.23. The van der Waals surface area contributed by atoms with Crippen molar-refractivity contribution in [2.45, 2.75) is 31.7 Å². The van der Waals surface area contributed by atoms with E-state index in [1.165, 1.54) is 5.56 Å². The molecule has 2 aromatic carbocycles. The van der Waals surface area contributed by atoms with Crippen molar-refractivity contribution in [2.75, 3.05) is 26.8 Å². The maximum absolute atomic E-state index is 12.4. The Labute approximate surface area is 171 Å². The van der Waals surface area contributed by atoms with E-state index < -0.39 is 0 Å². The van der Waals surface area contributed by atoms with Crippen LogP contribution in [-0.2, 0) is 16.0 Å². The number of nitrogens with zero attached hydrogens (tertiary/aromatic N) is 1. The molecule has 0 bridgehead atoms. The zero-order valence-electron chi connectivity index (χ0n) is 16.8. The molecule has 1 saturated heterocycles. The lowest BCUT2D eigenvalue weighted by atomic mass is 10.0. The van der Waals surface area contributed by atoms with E-state index in [4.69, 9.17) is 9.47 Å². The number of aryl methyl sites for hydroxylation is 1. The number of methoxy groups -OCH3 is 1. The third kappa shape index (κ3) is 6.24. The summed E-state index contributed by atoms with van der Waals surface area (Å²) in [5, 5.41) is 3.00. The molecule has 154 valence electrons. The molecule has 1 heterocycles. The molecule has 0 unspecified atom stereocenters. The second-order valence-electron chi connectivity index (χ2n) is 7.15. The van der Waals surface area contributed by atoms with E-state index in [1.807, 2.05) is 47.4 Å². The predicted octanol–water partition coefficient (Wildman–Crippen LogP) is 2.81. The molecule has 6 nitrogen and oxygen atoms in total. The van der Waals surface area contributed by atoms with Gasteiger partial charge in [-0.1, -0.05) is 42.5 Å². The molecule has 1 aliphatic heterocycles. The van der Waals surface area contributed by atoms with Crippen molar-refractivity contribution >= 4 is 11.8 Å². The van der Waals surface area contributed by atoms with E-state index in [1.54, 1.807) is 19.2 Å². The molecule has 6 heteroatoms. The summed E-state index contributed by atoms with van der Waals surface area (Å²) in [5.74, 6) is 1.16. The van der Waals surface area contributed by atoms with Gasteiger partial charge in [0.1, 0.15) is 0 Å². The van der Waals surface area contributed by atoms with Crippen molar-refractivity contribution in [3.05, 3.63) is 60.2 Å². The summed E-state index contributed by atoms with van der Waals surface area (Å²) in [6.45, 7) is 1.29. The third-order valence-corrected chi connectivity index (χ3v) is 5.11. The second kappa shape index (κ2) is 10.5. The first-order valence-electron chi connectivity index (χ1n) is 10.0. The molecular formula is C23H28N2O4. The summed E-state index contributed by atoms with van der Waals surface area (Å²) in [4.78, 5) is 26.5. The van der Waals surface area contributed by atoms with Crippen LogP contribution in [0.3, 0.4) is 0 Å². The van der Waals surface area contributed by atoms with Crippen LogP contribution in [0, 0.1) is 0 Å². The van der Waals surface area contributed by atoms with Crippen molar-refractivity contribution in [3.8, 4) is 11.5 Å². The zero-order chi connectivity index (χ0) is 20.5. The van der Waals surface area contributed by atoms with Gasteiger partial charge in [-0.3, -0.25) is 9.59 Å². The van der Waals surface area contributed by atoms with Crippen molar-refractivity contribution in [1.29, 1.82) is 0 Å². The van der Waals surface area contributed by atoms with Gasteiger partial charge >= 0.3 is 0 Å². The third-order valence-electron chi connectivity index (χ3n) is 5.11. The minimum absolute atomic E-state index is 0.0589. The maximum atomic E-state index is 12.4. The average Bonchev–Trinajstić information content (AvgIpc) is 2.77. The van der Waals surface area contributed by atoms with Gasteiger partial charge in [0.2, 0.25) is 5.91 Å². The van der Waals surface area contributed by atoms with E-state index in [0.29, 0.717) is 31.0 Å². The summed E-state index contributed by atoms with van der Waals surface area (Å²) >= 11 is 0. The minimum Gasteiger partial charge on any atom is -0.493 e. The molecule has 1 fully saturated rings. The predicted molar refractivity (Wildman–Crippen MR) is 111 cm³/mol. The Bertz CT molecular complexity index is 802. The van der Waals surface area contributed by atoms with Crippen LogP contribution in [0.5, 0.6) is 11.5 Å². The van der Waals surface area contributed by atoms with Gasteiger partial charge in [0, 0.05) is 25.6 Å². The lowest BCUT2D eigenvalue weighted by Gasteiger charge is -2.32. The van der Waals surface area contributed by atoms with E-state index in [-0.39, 0.29) is 24.5 Å². The summed E-state index contributed by atoms with van der Waals surface area (Å²) < 4.78 is 10.8. The SMILES string of the molecule is COc1ccccc1OCC(=O)NC1CCN(C(=O)CCc2ccccc2)CC1. The Hall–Kier alpha value is -3.02. The van der Waals surface area contributed by atoms with E-state index in [9.17, 15) is 9.59 Å². The van der Waals surface area contributed by atoms with Gasteiger partial charge in [-0.05, 0) is 37.0 Å². The Morgan fingerprint density at radius 3 is 2.34 bits per heavy atom. The van der Waals surface area contributed by atoms with Crippen molar-refractivity contribution in [3.63, 3.8) is 0 Å². The number of hydrogen-bond acceptors (Lipinski definition) is 4. The fourth-order valence-electron chi connectivity index (χ4n) is 3.48. The van der Waals surface area contributed by atoms with Crippen molar-refractivity contribution in [1.82, 2.24) is 10.2 Å². The fraction of sp³-hybridized carbons (Fsp3) is 0.391.